The largest absolute Gasteiger partial charge is 0.508 e. The van der Waals surface area contributed by atoms with Crippen LogP contribution in [-0.2, 0) is 20.8 Å². The molecule has 0 spiro atoms. The van der Waals surface area contributed by atoms with E-state index in [1.807, 2.05) is 11.9 Å². The van der Waals surface area contributed by atoms with Gasteiger partial charge in [-0.2, -0.15) is 0 Å². The molecule has 1 saturated carbocycles. The van der Waals surface area contributed by atoms with Gasteiger partial charge in [0.25, 0.3) is 5.91 Å². The molecule has 7 N–H and O–H groups in total. The number of aromatic hydroxyl groups is 1. The number of hydrogen-bond donors (Lipinski definition) is 6. The summed E-state index contributed by atoms with van der Waals surface area (Å²) in [7, 11) is 1.90. The monoisotopic (exact) mass is 570 g/mol. The second kappa shape index (κ2) is 9.27. The molecule has 5 aliphatic rings. The molecule has 2 unspecified atom stereocenters. The number of rotatable bonds is 4. The first kappa shape index (κ1) is 27.7. The van der Waals surface area contributed by atoms with E-state index >= 15 is 4.39 Å². The minimum Gasteiger partial charge on any atom is -0.508 e. The van der Waals surface area contributed by atoms with Gasteiger partial charge in [0.1, 0.15) is 28.7 Å². The lowest BCUT2D eigenvalue weighted by Gasteiger charge is -2.51. The second-order valence-corrected chi connectivity index (χ2v) is 11.9. The summed E-state index contributed by atoms with van der Waals surface area (Å²) in [5, 5.41) is 48.9. The number of benzene rings is 1. The Labute approximate surface area is 236 Å². The zero-order valence-corrected chi connectivity index (χ0v) is 23.2. The van der Waals surface area contributed by atoms with Crippen LogP contribution in [0, 0.1) is 23.6 Å². The summed E-state index contributed by atoms with van der Waals surface area (Å²) in [5.74, 6) is -7.87. The van der Waals surface area contributed by atoms with Crippen molar-refractivity contribution in [3.05, 3.63) is 39.4 Å². The van der Waals surface area contributed by atoms with Gasteiger partial charge in [-0.3, -0.25) is 24.2 Å². The standard InChI is InChI=1S/C29H35FN4O7/c1-4-34(5-2)22-14-9-12-8-13-16(24(36)20-17(19(13)30)21-11(10-32-20)6-7-33(21)3)23(35)15(12)26(38)29(14,41)27(39)18(25(22)37)28(31)40/h11-12,14,21-22,32,35-36,39,41H,4-10H2,1-3H3,(H2,31,40)/t11?,12-,14-,21?,22-,29-/m0/s1. The Morgan fingerprint density at radius 2 is 1.90 bits per heavy atom. The number of Topliss-reactive ketones (excluding diaryl/α,β-unsaturated/α-hetero) is 2. The van der Waals surface area contributed by atoms with Gasteiger partial charge in [0.05, 0.1) is 17.3 Å². The number of carbonyl (C=O) groups excluding carboxylic acids is 3. The van der Waals surface area contributed by atoms with Gasteiger partial charge in [0.2, 0.25) is 5.78 Å². The predicted octanol–water partition coefficient (Wildman–Crippen LogP) is 1.30. The zero-order valence-electron chi connectivity index (χ0n) is 23.2. The third-order valence-electron chi connectivity index (χ3n) is 10.1. The number of anilines is 1. The van der Waals surface area contributed by atoms with Crippen molar-refractivity contribution in [3.63, 3.8) is 0 Å². The molecule has 11 nitrogen and oxygen atoms in total. The van der Waals surface area contributed by atoms with E-state index in [4.69, 9.17) is 5.73 Å². The van der Waals surface area contributed by atoms with Gasteiger partial charge in [-0.1, -0.05) is 13.8 Å². The minimum atomic E-state index is -2.73. The summed E-state index contributed by atoms with van der Waals surface area (Å²) in [6.45, 7) is 5.49. The highest BCUT2D eigenvalue weighted by Gasteiger charge is 2.64. The van der Waals surface area contributed by atoms with Crippen molar-refractivity contribution in [1.29, 1.82) is 0 Å². The van der Waals surface area contributed by atoms with Crippen LogP contribution < -0.4 is 11.1 Å². The Kier molecular flexibility index (Phi) is 6.25. The van der Waals surface area contributed by atoms with Crippen LogP contribution in [0.3, 0.4) is 0 Å². The molecule has 0 aromatic heterocycles. The number of fused-ring (bicyclic) bond motifs is 6. The van der Waals surface area contributed by atoms with Crippen LogP contribution in [0.2, 0.25) is 0 Å². The van der Waals surface area contributed by atoms with E-state index in [2.05, 4.69) is 5.32 Å². The molecule has 6 atom stereocenters. The van der Waals surface area contributed by atoms with Gasteiger partial charge in [-0.15, -0.1) is 0 Å². The average Bonchev–Trinajstić information content (AvgIpc) is 3.31. The maximum atomic E-state index is 16.4. The molecule has 0 bridgehead atoms. The fourth-order valence-corrected chi connectivity index (χ4v) is 8.19. The molecular weight excluding hydrogens is 535 g/mol. The summed E-state index contributed by atoms with van der Waals surface area (Å²) in [5.41, 5.74) is 1.86. The number of hydrogen-bond acceptors (Lipinski definition) is 10. The lowest BCUT2D eigenvalue weighted by atomic mass is 9.57. The molecule has 12 heteroatoms. The van der Waals surface area contributed by atoms with E-state index in [1.54, 1.807) is 18.7 Å². The van der Waals surface area contributed by atoms with Crippen LogP contribution in [-0.4, -0.2) is 92.6 Å². The van der Waals surface area contributed by atoms with Gasteiger partial charge in [0, 0.05) is 35.2 Å². The number of ketones is 2. The number of halogens is 1. The smallest absolute Gasteiger partial charge is 0.255 e. The lowest BCUT2D eigenvalue weighted by molar-refractivity contribution is -0.154. The topological polar surface area (TPSA) is 177 Å². The van der Waals surface area contributed by atoms with E-state index in [1.165, 1.54) is 0 Å². The minimum absolute atomic E-state index is 0.0626. The SMILES string of the molecule is CCN(CC)[C@@H]1C(=O)C(C(N)=O)=C(O)[C@@]2(O)C(=O)C3=C(O)c4c(O)c5c(c(F)c4C[C@H]3C[C@@H]12)C1C(CCN1C)CN5. The van der Waals surface area contributed by atoms with Crippen LogP contribution in [0.1, 0.15) is 49.4 Å². The van der Waals surface area contributed by atoms with E-state index in [0.29, 0.717) is 25.2 Å². The second-order valence-electron chi connectivity index (χ2n) is 11.9. The first-order valence-electron chi connectivity index (χ1n) is 14.1. The number of likely N-dealkylation sites (tertiary alicyclic amines) is 1. The van der Waals surface area contributed by atoms with Gasteiger partial charge < -0.3 is 31.5 Å². The van der Waals surface area contributed by atoms with Gasteiger partial charge >= 0.3 is 0 Å². The van der Waals surface area contributed by atoms with Gasteiger partial charge in [-0.25, -0.2) is 4.39 Å². The maximum Gasteiger partial charge on any atom is 0.255 e. The van der Waals surface area contributed by atoms with Crippen molar-refractivity contribution in [2.24, 2.45) is 23.5 Å². The van der Waals surface area contributed by atoms with Crippen LogP contribution in [0.5, 0.6) is 5.75 Å². The summed E-state index contributed by atoms with van der Waals surface area (Å²) < 4.78 is 16.4. The third-order valence-corrected chi connectivity index (χ3v) is 10.1. The Morgan fingerprint density at radius 3 is 2.54 bits per heavy atom. The number of carbonyl (C=O) groups is 3. The Balaban J connectivity index is 1.56. The van der Waals surface area contributed by atoms with Crippen molar-refractivity contribution in [3.8, 4) is 5.75 Å². The molecule has 1 saturated heterocycles. The quantitative estimate of drug-likeness (QED) is 0.229. The summed E-state index contributed by atoms with van der Waals surface area (Å²) in [6.07, 6.45) is 0.710. The number of nitrogens with zero attached hydrogens (tertiary/aromatic N) is 2. The number of nitrogens with two attached hydrogens (primary N) is 1. The molecule has 1 aromatic carbocycles. The molecule has 41 heavy (non-hydrogen) atoms. The highest BCUT2D eigenvalue weighted by molar-refractivity contribution is 6.24. The molecule has 220 valence electrons. The van der Waals surface area contributed by atoms with E-state index in [0.717, 1.165) is 13.0 Å². The molecule has 3 aliphatic carbocycles. The number of nitrogens with one attached hydrogen (secondary N) is 1. The summed E-state index contributed by atoms with van der Waals surface area (Å²) in [4.78, 5) is 43.6. The third kappa shape index (κ3) is 3.44. The highest BCUT2D eigenvalue weighted by atomic mass is 19.1. The van der Waals surface area contributed by atoms with Crippen LogP contribution in [0.25, 0.3) is 5.76 Å². The van der Waals surface area contributed by atoms with E-state index in [9.17, 15) is 34.8 Å². The van der Waals surface area contributed by atoms with E-state index < -0.39 is 69.6 Å². The Bertz CT molecular complexity index is 1470. The molecule has 1 amide bonds. The van der Waals surface area contributed by atoms with Crippen molar-refractivity contribution in [2.45, 2.75) is 50.8 Å². The first-order valence-corrected chi connectivity index (χ1v) is 14.1. The Morgan fingerprint density at radius 1 is 1.22 bits per heavy atom. The molecular formula is C29H35FN4O7. The normalized spacial score (nSPS) is 32.8. The lowest BCUT2D eigenvalue weighted by Crippen LogP contribution is -2.66. The fraction of sp³-hybridized carbons (Fsp3) is 0.552. The van der Waals surface area contributed by atoms with Crippen molar-refractivity contribution < 1.29 is 39.2 Å². The number of likely N-dealkylation sites (N-methyl/N-ethyl adjacent to an activating group) is 1. The first-order chi connectivity index (χ1) is 19.4. The van der Waals surface area contributed by atoms with Gasteiger partial charge in [0.15, 0.2) is 11.4 Å². The zero-order chi connectivity index (χ0) is 29.7. The molecule has 2 heterocycles. The van der Waals surface area contributed by atoms with Crippen LogP contribution >= 0.6 is 0 Å². The summed E-state index contributed by atoms with van der Waals surface area (Å²) in [6, 6.07) is -1.42. The molecule has 2 fully saturated rings. The highest BCUT2D eigenvalue weighted by Crippen LogP contribution is 2.56. The number of aliphatic hydroxyl groups excluding tert-OH is 2. The number of phenols is 1. The maximum absolute atomic E-state index is 16.4. The predicted molar refractivity (Wildman–Crippen MR) is 145 cm³/mol. The molecule has 0 radical (unpaired) electrons. The number of amides is 1. The average molecular weight is 571 g/mol. The Hall–Kier alpha value is -3.48. The van der Waals surface area contributed by atoms with Crippen molar-refractivity contribution >= 4 is 28.9 Å². The number of phenolic OH excluding ortho intramolecular Hbond substituents is 1. The summed E-state index contributed by atoms with van der Waals surface area (Å²) >= 11 is 0. The fourth-order valence-electron chi connectivity index (χ4n) is 8.19. The van der Waals surface area contributed by atoms with Gasteiger partial charge in [-0.05, 0) is 57.8 Å². The molecule has 1 aromatic rings. The van der Waals surface area contributed by atoms with Crippen LogP contribution in [0.4, 0.5) is 10.1 Å². The van der Waals surface area contributed by atoms with Crippen LogP contribution in [0.15, 0.2) is 16.9 Å². The van der Waals surface area contributed by atoms with Crippen molar-refractivity contribution in [2.75, 3.05) is 38.5 Å². The number of aliphatic hydroxyl groups is 3. The molecule has 6 rings (SSSR count). The van der Waals surface area contributed by atoms with Crippen molar-refractivity contribution in [1.82, 2.24) is 9.80 Å². The van der Waals surface area contributed by atoms with E-state index in [-0.39, 0.29) is 47.2 Å². The number of primary amides is 1. The molecule has 2 aliphatic heterocycles.